The quantitative estimate of drug-likeness (QED) is 0.591. The highest BCUT2D eigenvalue weighted by atomic mass is 35.5. The molecule has 0 bridgehead atoms. The van der Waals surface area contributed by atoms with Crippen molar-refractivity contribution in [3.63, 3.8) is 0 Å². The minimum Gasteiger partial charge on any atom is -0.454 e. The van der Waals surface area contributed by atoms with E-state index in [1.807, 2.05) is 43.3 Å². The molecule has 0 fully saturated rings. The zero-order valence-electron chi connectivity index (χ0n) is 13.1. The maximum Gasteiger partial charge on any atom is 0.188 e. The van der Waals surface area contributed by atoms with Gasteiger partial charge in [0.05, 0.1) is 15.6 Å². The highest BCUT2D eigenvalue weighted by molar-refractivity contribution is 6.42. The van der Waals surface area contributed by atoms with Gasteiger partial charge in [-0.25, -0.2) is 0 Å². The summed E-state index contributed by atoms with van der Waals surface area (Å²) in [6.45, 7) is 0. The monoisotopic (exact) mass is 357 g/mol. The number of rotatable bonds is 2. The average Bonchev–Trinajstić information content (AvgIpc) is 2.94. The van der Waals surface area contributed by atoms with Crippen molar-refractivity contribution in [1.82, 2.24) is 0 Å². The molecular formula is C19H13Cl2NO2. The zero-order valence-corrected chi connectivity index (χ0v) is 14.6. The van der Waals surface area contributed by atoms with Crippen LogP contribution in [0.1, 0.15) is 15.9 Å². The molecule has 1 aliphatic carbocycles. The first-order chi connectivity index (χ1) is 11.5. The molecular weight excluding hydrogens is 345 g/mol. The molecule has 0 N–H and O–H groups in total. The Morgan fingerprint density at radius 3 is 2.38 bits per heavy atom. The fourth-order valence-electron chi connectivity index (χ4n) is 3.00. The van der Waals surface area contributed by atoms with Crippen molar-refractivity contribution in [2.24, 2.45) is 0 Å². The number of carbonyl (C=O) groups excluding carboxylic acids is 1. The minimum atomic E-state index is -0.135. The Morgan fingerprint density at radius 2 is 1.71 bits per heavy atom. The molecule has 0 unspecified atom stereocenters. The Labute approximate surface area is 149 Å². The van der Waals surface area contributed by atoms with Crippen LogP contribution in [0.4, 0.5) is 5.69 Å². The summed E-state index contributed by atoms with van der Waals surface area (Å²) in [6.07, 6.45) is 3.28. The normalized spacial score (nSPS) is 12.9. The van der Waals surface area contributed by atoms with Crippen molar-refractivity contribution in [2.45, 2.75) is 0 Å². The van der Waals surface area contributed by atoms with Gasteiger partial charge in [-0.2, -0.15) is 0 Å². The Bertz CT molecular complexity index is 1010. The van der Waals surface area contributed by atoms with Crippen LogP contribution in [0.15, 0.2) is 40.8 Å². The van der Waals surface area contributed by atoms with Crippen LogP contribution in [0.3, 0.4) is 0 Å². The van der Waals surface area contributed by atoms with Gasteiger partial charge in [-0.15, -0.1) is 0 Å². The summed E-state index contributed by atoms with van der Waals surface area (Å²) < 4.78 is 6.02. The van der Waals surface area contributed by atoms with Gasteiger partial charge < -0.3 is 9.32 Å². The first kappa shape index (κ1) is 15.3. The third-order valence-corrected chi connectivity index (χ3v) is 4.78. The third-order valence-electron chi connectivity index (χ3n) is 4.20. The zero-order chi connectivity index (χ0) is 17.0. The summed E-state index contributed by atoms with van der Waals surface area (Å²) in [5.74, 6) is 0.550. The lowest BCUT2D eigenvalue weighted by molar-refractivity contribution is 0.104. The van der Waals surface area contributed by atoms with Crippen molar-refractivity contribution in [3.05, 3.63) is 57.6 Å². The summed E-state index contributed by atoms with van der Waals surface area (Å²) in [4.78, 5) is 14.2. The van der Waals surface area contributed by atoms with Crippen LogP contribution < -0.4 is 4.90 Å². The maximum atomic E-state index is 12.2. The largest absolute Gasteiger partial charge is 0.454 e. The molecule has 0 saturated heterocycles. The second-order valence-corrected chi connectivity index (χ2v) is 6.72. The highest BCUT2D eigenvalue weighted by Crippen LogP contribution is 2.44. The smallest absolute Gasteiger partial charge is 0.188 e. The number of nitrogens with zero attached hydrogens (tertiary/aromatic N) is 1. The molecule has 0 atom stereocenters. The number of hydrogen-bond donors (Lipinski definition) is 0. The first-order valence-electron chi connectivity index (χ1n) is 7.42. The highest BCUT2D eigenvalue weighted by Gasteiger charge is 2.26. The standard InChI is InChI=1S/C19H13Cl2NO2/c1-22(2)11-5-3-10(4-6-11)18-12-7-8-15(23)17-13(20)9-14(21)19(24-18)16(12)17/h3-9H,1-2H3. The van der Waals surface area contributed by atoms with E-state index in [1.165, 1.54) is 6.08 Å². The van der Waals surface area contributed by atoms with Crippen LogP contribution in [-0.4, -0.2) is 19.9 Å². The molecule has 4 rings (SSSR count). The average molecular weight is 358 g/mol. The van der Waals surface area contributed by atoms with E-state index in [4.69, 9.17) is 27.6 Å². The SMILES string of the molecule is CN(C)c1ccc(-c2oc3c(Cl)cc(Cl)c4c3c2C=CC4=O)cc1. The van der Waals surface area contributed by atoms with Crippen LogP contribution in [0, 0.1) is 0 Å². The molecule has 0 amide bonds. The molecule has 0 saturated carbocycles. The van der Waals surface area contributed by atoms with Crippen molar-refractivity contribution in [2.75, 3.05) is 19.0 Å². The Balaban J connectivity index is 2.00. The van der Waals surface area contributed by atoms with E-state index in [1.54, 1.807) is 12.1 Å². The van der Waals surface area contributed by atoms with Gasteiger partial charge in [-0.1, -0.05) is 23.2 Å². The van der Waals surface area contributed by atoms with Gasteiger partial charge in [-0.3, -0.25) is 4.79 Å². The molecule has 5 heteroatoms. The lowest BCUT2D eigenvalue weighted by Crippen LogP contribution is -2.07. The van der Waals surface area contributed by atoms with Gasteiger partial charge in [0.2, 0.25) is 0 Å². The maximum absolute atomic E-state index is 12.2. The molecule has 1 aromatic heterocycles. The fourth-order valence-corrected chi connectivity index (χ4v) is 3.59. The van der Waals surface area contributed by atoms with Gasteiger partial charge in [0, 0.05) is 36.3 Å². The van der Waals surface area contributed by atoms with Crippen molar-refractivity contribution < 1.29 is 9.21 Å². The number of hydrogen-bond acceptors (Lipinski definition) is 3. The number of carbonyl (C=O) groups is 1. The summed E-state index contributed by atoms with van der Waals surface area (Å²) >= 11 is 12.5. The van der Waals surface area contributed by atoms with Gasteiger partial charge in [0.1, 0.15) is 5.76 Å². The molecule has 3 aromatic rings. The van der Waals surface area contributed by atoms with E-state index >= 15 is 0 Å². The Morgan fingerprint density at radius 1 is 1.00 bits per heavy atom. The van der Waals surface area contributed by atoms with Gasteiger partial charge in [0.25, 0.3) is 0 Å². The van der Waals surface area contributed by atoms with E-state index in [0.717, 1.165) is 16.8 Å². The number of furan rings is 1. The van der Waals surface area contributed by atoms with Crippen molar-refractivity contribution in [3.8, 4) is 11.3 Å². The van der Waals surface area contributed by atoms with E-state index in [9.17, 15) is 4.79 Å². The molecule has 120 valence electrons. The number of allylic oxidation sites excluding steroid dienone is 1. The Kier molecular flexibility index (Phi) is 3.44. The van der Waals surface area contributed by atoms with E-state index < -0.39 is 0 Å². The lowest BCUT2D eigenvalue weighted by atomic mass is 9.94. The van der Waals surface area contributed by atoms with Crippen LogP contribution in [0.25, 0.3) is 28.4 Å². The fraction of sp³-hybridized carbons (Fsp3) is 0.105. The van der Waals surface area contributed by atoms with Gasteiger partial charge in [-0.05, 0) is 42.5 Å². The van der Waals surface area contributed by atoms with Crippen molar-refractivity contribution in [1.29, 1.82) is 0 Å². The molecule has 3 nitrogen and oxygen atoms in total. The predicted octanol–water partition coefficient (Wildman–Crippen LogP) is 5.68. The minimum absolute atomic E-state index is 0.135. The molecule has 0 spiro atoms. The number of benzene rings is 2. The second kappa shape index (κ2) is 5.40. The number of ketones is 1. The number of halogens is 2. The summed E-state index contributed by atoms with van der Waals surface area (Å²) in [5, 5.41) is 1.43. The molecule has 1 heterocycles. The molecule has 1 aliphatic rings. The third kappa shape index (κ3) is 2.16. The van der Waals surface area contributed by atoms with Gasteiger partial charge >= 0.3 is 0 Å². The summed E-state index contributed by atoms with van der Waals surface area (Å²) in [6, 6.07) is 9.57. The van der Waals surface area contributed by atoms with Crippen LogP contribution in [0.2, 0.25) is 10.0 Å². The van der Waals surface area contributed by atoms with E-state index in [0.29, 0.717) is 32.3 Å². The summed E-state index contributed by atoms with van der Waals surface area (Å²) in [5.41, 5.74) is 3.80. The number of anilines is 1. The first-order valence-corrected chi connectivity index (χ1v) is 8.17. The van der Waals surface area contributed by atoms with Gasteiger partial charge in [0.15, 0.2) is 11.4 Å². The Hall–Kier alpha value is -2.23. The van der Waals surface area contributed by atoms with E-state index in [-0.39, 0.29) is 5.78 Å². The lowest BCUT2D eigenvalue weighted by Gasteiger charge is -2.12. The molecule has 0 aliphatic heterocycles. The van der Waals surface area contributed by atoms with Crippen LogP contribution in [-0.2, 0) is 0 Å². The van der Waals surface area contributed by atoms with Crippen LogP contribution in [0.5, 0.6) is 0 Å². The summed E-state index contributed by atoms with van der Waals surface area (Å²) in [7, 11) is 3.98. The van der Waals surface area contributed by atoms with Crippen LogP contribution >= 0.6 is 23.2 Å². The molecule has 0 radical (unpaired) electrons. The second-order valence-electron chi connectivity index (χ2n) is 5.90. The van der Waals surface area contributed by atoms with E-state index in [2.05, 4.69) is 0 Å². The molecule has 24 heavy (non-hydrogen) atoms. The predicted molar refractivity (Wildman–Crippen MR) is 99.4 cm³/mol. The topological polar surface area (TPSA) is 33.5 Å². The van der Waals surface area contributed by atoms with Crippen molar-refractivity contribution >= 4 is 51.7 Å². The molecule has 2 aromatic carbocycles.